The fraction of sp³-hybridized carbons (Fsp3) is 0.625. The molecule has 0 spiro atoms. The highest BCUT2D eigenvalue weighted by Crippen LogP contribution is 2.20. The maximum atomic E-state index is 12.7. The number of carbonyl (C=O) groups excluding carboxylic acids is 2. The molecule has 25 heavy (non-hydrogen) atoms. The second-order valence-electron chi connectivity index (χ2n) is 7.21. The highest BCUT2D eigenvalue weighted by Gasteiger charge is 2.32. The topological polar surface area (TPSA) is 91.7 Å². The molecule has 0 aromatic carbocycles. The average molecular weight is 370 g/mol. The van der Waals surface area contributed by atoms with Crippen molar-refractivity contribution in [3.63, 3.8) is 0 Å². The van der Waals surface area contributed by atoms with E-state index < -0.39 is 15.4 Å². The van der Waals surface area contributed by atoms with Gasteiger partial charge in [0.25, 0.3) is 5.91 Å². The quantitative estimate of drug-likeness (QED) is 0.826. The van der Waals surface area contributed by atoms with Gasteiger partial charge in [-0.15, -0.1) is 0 Å². The Kier molecular flexibility index (Phi) is 5.29. The number of sulfonamides is 1. The van der Waals surface area contributed by atoms with Crippen molar-refractivity contribution < 1.29 is 18.0 Å². The van der Waals surface area contributed by atoms with Gasteiger partial charge in [-0.25, -0.2) is 13.1 Å². The number of hydrogen-bond donors (Lipinski definition) is 1. The van der Waals surface area contributed by atoms with E-state index in [1.54, 1.807) is 16.8 Å². The number of piperazine rings is 1. The van der Waals surface area contributed by atoms with Crippen LogP contribution in [0.5, 0.6) is 0 Å². The predicted molar refractivity (Wildman–Crippen MR) is 93.6 cm³/mol. The molecule has 1 aliphatic rings. The molecule has 140 valence electrons. The molecule has 0 atom stereocenters. The Hall–Kier alpha value is -1.87. The second kappa shape index (κ2) is 6.80. The minimum Gasteiger partial charge on any atom is -0.345 e. The molecule has 2 heterocycles. The highest BCUT2D eigenvalue weighted by molar-refractivity contribution is 7.89. The SMILES string of the molecule is CNS(=O)(=O)c1cc(C(=O)N2CCN(C(=O)C(C)(C)C)CC2)n(C)c1. The summed E-state index contributed by atoms with van der Waals surface area (Å²) in [6, 6.07) is 1.38. The lowest BCUT2D eigenvalue weighted by Crippen LogP contribution is -2.53. The number of aromatic nitrogens is 1. The van der Waals surface area contributed by atoms with Crippen LogP contribution in [0.4, 0.5) is 0 Å². The van der Waals surface area contributed by atoms with Crippen LogP contribution in [-0.2, 0) is 21.9 Å². The van der Waals surface area contributed by atoms with Gasteiger partial charge < -0.3 is 14.4 Å². The summed E-state index contributed by atoms with van der Waals surface area (Å²) in [5.41, 5.74) is -0.134. The first-order valence-corrected chi connectivity index (χ1v) is 9.64. The first-order valence-electron chi connectivity index (χ1n) is 8.16. The van der Waals surface area contributed by atoms with E-state index in [0.717, 1.165) is 0 Å². The summed E-state index contributed by atoms with van der Waals surface area (Å²) in [4.78, 5) is 28.5. The predicted octanol–water partition coefficient (Wildman–Crippen LogP) is 0.264. The Balaban J connectivity index is 2.10. The molecule has 8 nitrogen and oxygen atoms in total. The fourth-order valence-corrected chi connectivity index (χ4v) is 3.56. The molecule has 1 fully saturated rings. The van der Waals surface area contributed by atoms with Gasteiger partial charge in [-0.05, 0) is 13.1 Å². The number of amides is 2. The zero-order valence-electron chi connectivity index (χ0n) is 15.4. The number of nitrogens with one attached hydrogen (secondary N) is 1. The Bertz CT molecular complexity index is 769. The Labute approximate surface area is 148 Å². The molecule has 1 aromatic rings. The molecule has 1 N–H and O–H groups in total. The van der Waals surface area contributed by atoms with Gasteiger partial charge >= 0.3 is 0 Å². The minimum absolute atomic E-state index is 0.0578. The summed E-state index contributed by atoms with van der Waals surface area (Å²) in [6.07, 6.45) is 1.42. The number of aryl methyl sites for hydroxylation is 1. The molecule has 0 bridgehead atoms. The van der Waals surface area contributed by atoms with Crippen LogP contribution in [-0.4, -0.2) is 67.8 Å². The van der Waals surface area contributed by atoms with Crippen LogP contribution in [0.25, 0.3) is 0 Å². The molecular weight excluding hydrogens is 344 g/mol. The van der Waals surface area contributed by atoms with Gasteiger partial charge in [0.2, 0.25) is 15.9 Å². The lowest BCUT2D eigenvalue weighted by molar-refractivity contribution is -0.140. The zero-order valence-corrected chi connectivity index (χ0v) is 16.2. The minimum atomic E-state index is -3.59. The van der Waals surface area contributed by atoms with Gasteiger partial charge in [-0.2, -0.15) is 0 Å². The molecule has 9 heteroatoms. The fourth-order valence-electron chi connectivity index (χ4n) is 2.76. The van der Waals surface area contributed by atoms with Crippen molar-refractivity contribution in [1.82, 2.24) is 19.1 Å². The Morgan fingerprint density at radius 2 is 1.60 bits per heavy atom. The van der Waals surface area contributed by atoms with E-state index in [0.29, 0.717) is 31.9 Å². The van der Waals surface area contributed by atoms with Crippen LogP contribution in [0.1, 0.15) is 31.3 Å². The van der Waals surface area contributed by atoms with Crippen molar-refractivity contribution in [1.29, 1.82) is 0 Å². The average Bonchev–Trinajstić information content (AvgIpc) is 2.95. The Morgan fingerprint density at radius 1 is 1.08 bits per heavy atom. The molecule has 1 aliphatic heterocycles. The van der Waals surface area contributed by atoms with E-state index >= 15 is 0 Å². The number of rotatable bonds is 3. The van der Waals surface area contributed by atoms with E-state index in [9.17, 15) is 18.0 Å². The summed E-state index contributed by atoms with van der Waals surface area (Å²) in [6.45, 7) is 7.45. The molecule has 0 aliphatic carbocycles. The van der Waals surface area contributed by atoms with E-state index in [4.69, 9.17) is 0 Å². The van der Waals surface area contributed by atoms with E-state index in [1.807, 2.05) is 20.8 Å². The van der Waals surface area contributed by atoms with Gasteiger partial charge in [0.05, 0.1) is 0 Å². The lowest BCUT2D eigenvalue weighted by atomic mass is 9.94. The Morgan fingerprint density at radius 3 is 2.08 bits per heavy atom. The standard InChI is InChI=1S/C16H26N4O4S/c1-16(2,3)15(22)20-8-6-19(7-9-20)14(21)13-10-12(11-18(13)5)25(23,24)17-4/h10-11,17H,6-9H2,1-5H3. The molecule has 0 radical (unpaired) electrons. The normalized spacial score (nSPS) is 16.2. The van der Waals surface area contributed by atoms with Crippen molar-refractivity contribution in [2.45, 2.75) is 25.7 Å². The van der Waals surface area contributed by atoms with Crippen LogP contribution >= 0.6 is 0 Å². The van der Waals surface area contributed by atoms with Crippen LogP contribution in [0.15, 0.2) is 17.2 Å². The largest absolute Gasteiger partial charge is 0.345 e. The maximum absolute atomic E-state index is 12.7. The van der Waals surface area contributed by atoms with Crippen molar-refractivity contribution in [3.8, 4) is 0 Å². The van der Waals surface area contributed by atoms with Crippen molar-refractivity contribution >= 4 is 21.8 Å². The molecule has 1 aromatic heterocycles. The molecular formula is C16H26N4O4S. The van der Waals surface area contributed by atoms with E-state index in [1.165, 1.54) is 23.9 Å². The summed E-state index contributed by atoms with van der Waals surface area (Å²) in [5.74, 6) is -0.163. The monoisotopic (exact) mass is 370 g/mol. The third kappa shape index (κ3) is 4.04. The van der Waals surface area contributed by atoms with Gasteiger partial charge in [0.15, 0.2) is 0 Å². The number of carbonyl (C=O) groups is 2. The number of nitrogens with zero attached hydrogens (tertiary/aromatic N) is 3. The van der Waals surface area contributed by atoms with Crippen LogP contribution in [0.3, 0.4) is 0 Å². The second-order valence-corrected chi connectivity index (χ2v) is 9.10. The maximum Gasteiger partial charge on any atom is 0.270 e. The molecule has 0 saturated carbocycles. The van der Waals surface area contributed by atoms with Crippen LogP contribution in [0.2, 0.25) is 0 Å². The third-order valence-corrected chi connectivity index (χ3v) is 5.66. The summed E-state index contributed by atoms with van der Waals surface area (Å²) in [7, 11) is -0.626. The zero-order chi connectivity index (χ0) is 19.0. The van der Waals surface area contributed by atoms with Crippen molar-refractivity contribution in [2.24, 2.45) is 12.5 Å². The van der Waals surface area contributed by atoms with Gasteiger partial charge in [-0.1, -0.05) is 20.8 Å². The number of hydrogen-bond acceptors (Lipinski definition) is 4. The van der Waals surface area contributed by atoms with Crippen LogP contribution < -0.4 is 4.72 Å². The molecule has 2 amide bonds. The lowest BCUT2D eigenvalue weighted by Gasteiger charge is -2.37. The first-order chi connectivity index (χ1) is 11.5. The van der Waals surface area contributed by atoms with Gasteiger partial charge in [0, 0.05) is 44.8 Å². The third-order valence-electron chi connectivity index (χ3n) is 4.27. The molecule has 0 unspecified atom stereocenters. The van der Waals surface area contributed by atoms with Gasteiger partial charge in [0.1, 0.15) is 10.6 Å². The van der Waals surface area contributed by atoms with E-state index in [-0.39, 0.29) is 16.7 Å². The van der Waals surface area contributed by atoms with Crippen molar-refractivity contribution in [3.05, 3.63) is 18.0 Å². The first kappa shape index (κ1) is 19.5. The summed E-state index contributed by atoms with van der Waals surface area (Å²) >= 11 is 0. The summed E-state index contributed by atoms with van der Waals surface area (Å²) in [5, 5.41) is 0. The van der Waals surface area contributed by atoms with Gasteiger partial charge in [-0.3, -0.25) is 9.59 Å². The van der Waals surface area contributed by atoms with Crippen molar-refractivity contribution in [2.75, 3.05) is 33.2 Å². The van der Waals surface area contributed by atoms with Crippen LogP contribution in [0, 0.1) is 5.41 Å². The summed E-state index contributed by atoms with van der Waals surface area (Å²) < 4.78 is 27.5. The molecule has 1 saturated heterocycles. The smallest absolute Gasteiger partial charge is 0.270 e. The molecule has 2 rings (SSSR count). The highest BCUT2D eigenvalue weighted by atomic mass is 32.2. The van der Waals surface area contributed by atoms with E-state index in [2.05, 4.69) is 4.72 Å².